The molecule has 1 aromatic rings. The Balaban J connectivity index is 1.56. The molecule has 1 aliphatic heterocycles. The Morgan fingerprint density at radius 3 is 2.65 bits per heavy atom. The monoisotopic (exact) mass is 316 g/mol. The van der Waals surface area contributed by atoms with Crippen molar-refractivity contribution in [2.45, 2.75) is 56.7 Å². The lowest BCUT2D eigenvalue weighted by Gasteiger charge is -2.31. The minimum absolute atomic E-state index is 0.0533. The predicted octanol–water partition coefficient (Wildman–Crippen LogP) is 1.56. The van der Waals surface area contributed by atoms with E-state index < -0.39 is 12.1 Å². The van der Waals surface area contributed by atoms with Crippen LogP contribution in [0.2, 0.25) is 0 Å². The average Bonchev–Trinajstić information content (AvgIpc) is 2.58. The number of morpholine rings is 1. The van der Waals surface area contributed by atoms with Crippen molar-refractivity contribution in [2.24, 2.45) is 0 Å². The Kier molecular flexibility index (Phi) is 5.28. The first-order valence-corrected chi connectivity index (χ1v) is 8.49. The number of carbonyl (C=O) groups excluding carboxylic acids is 2. The van der Waals surface area contributed by atoms with Gasteiger partial charge in [-0.3, -0.25) is 14.9 Å². The fraction of sp³-hybridized carbons (Fsp3) is 0.556. The number of ether oxygens (including phenoxy) is 1. The third kappa shape index (κ3) is 4.32. The zero-order valence-corrected chi connectivity index (χ0v) is 13.3. The fourth-order valence-electron chi connectivity index (χ4n) is 3.32. The third-order valence-electron chi connectivity index (χ3n) is 4.63. The predicted molar refractivity (Wildman–Crippen MR) is 86.8 cm³/mol. The lowest BCUT2D eigenvalue weighted by Crippen LogP contribution is -2.59. The van der Waals surface area contributed by atoms with E-state index in [1.807, 2.05) is 30.3 Å². The van der Waals surface area contributed by atoms with Crippen LogP contribution in [-0.2, 0) is 20.7 Å². The zero-order chi connectivity index (χ0) is 16.1. The van der Waals surface area contributed by atoms with E-state index in [9.17, 15) is 9.59 Å². The van der Waals surface area contributed by atoms with Crippen LogP contribution in [0.3, 0.4) is 0 Å². The summed E-state index contributed by atoms with van der Waals surface area (Å²) in [6, 6.07) is 9.12. The number of hydrogen-bond acceptors (Lipinski definition) is 4. The molecule has 1 aromatic carbocycles. The van der Waals surface area contributed by atoms with Crippen LogP contribution in [0.4, 0.5) is 0 Å². The van der Waals surface area contributed by atoms with Crippen LogP contribution in [0.25, 0.3) is 0 Å². The summed E-state index contributed by atoms with van der Waals surface area (Å²) in [7, 11) is 0. The van der Waals surface area contributed by atoms with Crippen molar-refractivity contribution in [3.63, 3.8) is 0 Å². The maximum Gasteiger partial charge on any atom is 0.323 e. The average molecular weight is 316 g/mol. The van der Waals surface area contributed by atoms with Crippen LogP contribution in [0.5, 0.6) is 0 Å². The molecule has 3 rings (SSSR count). The molecule has 0 radical (unpaired) electrons. The van der Waals surface area contributed by atoms with Crippen LogP contribution in [-0.4, -0.2) is 36.6 Å². The van der Waals surface area contributed by atoms with E-state index in [1.54, 1.807) is 0 Å². The zero-order valence-electron chi connectivity index (χ0n) is 13.3. The van der Waals surface area contributed by atoms with Crippen molar-refractivity contribution < 1.29 is 14.3 Å². The summed E-state index contributed by atoms with van der Waals surface area (Å²) in [6.45, 7) is 0.114. The maximum atomic E-state index is 12.4. The Morgan fingerprint density at radius 1 is 1.17 bits per heavy atom. The largest absolute Gasteiger partial charge is 0.462 e. The number of amides is 1. The molecule has 1 amide bonds. The normalized spacial score (nSPS) is 25.7. The quantitative estimate of drug-likeness (QED) is 0.827. The van der Waals surface area contributed by atoms with Crippen molar-refractivity contribution in [2.75, 3.05) is 6.61 Å². The number of carbonyl (C=O) groups is 2. The lowest BCUT2D eigenvalue weighted by molar-refractivity contribution is -0.153. The third-order valence-corrected chi connectivity index (χ3v) is 4.63. The Bertz CT molecular complexity index is 540. The number of hydrogen-bond donors (Lipinski definition) is 2. The molecule has 1 saturated heterocycles. The van der Waals surface area contributed by atoms with E-state index >= 15 is 0 Å². The maximum absolute atomic E-state index is 12.4. The van der Waals surface area contributed by atoms with Gasteiger partial charge in [0.25, 0.3) is 0 Å². The van der Waals surface area contributed by atoms with Gasteiger partial charge in [-0.1, -0.05) is 49.6 Å². The van der Waals surface area contributed by atoms with Gasteiger partial charge in [-0.05, 0) is 24.8 Å². The van der Waals surface area contributed by atoms with Gasteiger partial charge >= 0.3 is 5.97 Å². The molecule has 2 aliphatic rings. The highest BCUT2D eigenvalue weighted by Gasteiger charge is 2.34. The molecule has 1 heterocycles. The summed E-state index contributed by atoms with van der Waals surface area (Å²) in [4.78, 5) is 24.3. The summed E-state index contributed by atoms with van der Waals surface area (Å²) >= 11 is 0. The molecule has 0 unspecified atom stereocenters. The second kappa shape index (κ2) is 7.59. The number of rotatable bonds is 4. The summed E-state index contributed by atoms with van der Waals surface area (Å²) in [5.41, 5.74) is 1.05. The number of nitrogens with one attached hydrogen (secondary N) is 2. The van der Waals surface area contributed by atoms with E-state index in [2.05, 4.69) is 10.6 Å². The van der Waals surface area contributed by atoms with Crippen molar-refractivity contribution in [1.29, 1.82) is 0 Å². The SMILES string of the molecule is O=C1OC[C@H](C(=O)NC2CCCCC2)N[C@H]1Cc1ccccc1. The fourth-order valence-corrected chi connectivity index (χ4v) is 3.32. The molecule has 0 bridgehead atoms. The molecular formula is C18H24N2O3. The number of benzene rings is 1. The van der Waals surface area contributed by atoms with Crippen LogP contribution >= 0.6 is 0 Å². The van der Waals surface area contributed by atoms with Crippen LogP contribution < -0.4 is 10.6 Å². The van der Waals surface area contributed by atoms with Crippen LogP contribution in [0.1, 0.15) is 37.7 Å². The van der Waals surface area contributed by atoms with Gasteiger partial charge in [0.05, 0.1) is 0 Å². The van der Waals surface area contributed by atoms with Gasteiger partial charge in [-0.25, -0.2) is 0 Å². The molecule has 23 heavy (non-hydrogen) atoms. The van der Waals surface area contributed by atoms with Crippen LogP contribution in [0, 0.1) is 0 Å². The molecule has 2 atom stereocenters. The molecule has 5 heteroatoms. The highest BCUT2D eigenvalue weighted by atomic mass is 16.5. The number of esters is 1. The summed E-state index contributed by atoms with van der Waals surface area (Å²) in [6.07, 6.45) is 6.23. The van der Waals surface area contributed by atoms with E-state index in [4.69, 9.17) is 4.74 Å². The highest BCUT2D eigenvalue weighted by molar-refractivity contribution is 5.86. The molecular weight excluding hydrogens is 292 g/mol. The summed E-state index contributed by atoms with van der Waals surface area (Å²) in [5, 5.41) is 6.25. The lowest BCUT2D eigenvalue weighted by atomic mass is 9.95. The second-order valence-corrected chi connectivity index (χ2v) is 6.44. The van der Waals surface area contributed by atoms with Crippen molar-refractivity contribution in [1.82, 2.24) is 10.6 Å². The highest BCUT2D eigenvalue weighted by Crippen LogP contribution is 2.18. The topological polar surface area (TPSA) is 67.4 Å². The van der Waals surface area contributed by atoms with Gasteiger partial charge in [-0.15, -0.1) is 0 Å². The minimum Gasteiger partial charge on any atom is -0.462 e. The Morgan fingerprint density at radius 2 is 1.91 bits per heavy atom. The first-order chi connectivity index (χ1) is 11.2. The molecule has 1 aliphatic carbocycles. The Labute approximate surface area is 136 Å². The second-order valence-electron chi connectivity index (χ2n) is 6.44. The van der Waals surface area contributed by atoms with E-state index in [-0.39, 0.29) is 24.5 Å². The Hall–Kier alpha value is -1.88. The van der Waals surface area contributed by atoms with Gasteiger partial charge in [0.2, 0.25) is 5.91 Å². The van der Waals surface area contributed by atoms with E-state index in [1.165, 1.54) is 19.3 Å². The molecule has 2 fully saturated rings. The van der Waals surface area contributed by atoms with Crippen molar-refractivity contribution >= 4 is 11.9 Å². The molecule has 0 spiro atoms. The minimum atomic E-state index is -0.465. The molecule has 2 N–H and O–H groups in total. The standard InChI is InChI=1S/C18H24N2O3/c21-17(19-14-9-5-2-6-10-14)16-12-23-18(22)15(20-16)11-13-7-3-1-4-8-13/h1,3-4,7-8,14-16,20H,2,5-6,9-12H2,(H,19,21)/t15-,16+/m0/s1. The van der Waals surface area contributed by atoms with Gasteiger partial charge in [0.15, 0.2) is 0 Å². The van der Waals surface area contributed by atoms with Crippen molar-refractivity contribution in [3.8, 4) is 0 Å². The number of cyclic esters (lactones) is 1. The van der Waals surface area contributed by atoms with Gasteiger partial charge in [-0.2, -0.15) is 0 Å². The molecule has 5 nitrogen and oxygen atoms in total. The van der Waals surface area contributed by atoms with Gasteiger partial charge in [0.1, 0.15) is 18.7 Å². The molecule has 0 aromatic heterocycles. The van der Waals surface area contributed by atoms with E-state index in [0.717, 1.165) is 18.4 Å². The van der Waals surface area contributed by atoms with E-state index in [0.29, 0.717) is 6.42 Å². The first kappa shape index (κ1) is 16.0. The molecule has 1 saturated carbocycles. The van der Waals surface area contributed by atoms with Crippen molar-refractivity contribution in [3.05, 3.63) is 35.9 Å². The summed E-state index contributed by atoms with van der Waals surface area (Å²) in [5.74, 6) is -0.335. The first-order valence-electron chi connectivity index (χ1n) is 8.49. The molecule has 124 valence electrons. The summed E-state index contributed by atoms with van der Waals surface area (Å²) < 4.78 is 5.22. The van der Waals surface area contributed by atoms with Gasteiger partial charge < -0.3 is 10.1 Å². The van der Waals surface area contributed by atoms with Crippen LogP contribution in [0.15, 0.2) is 30.3 Å². The smallest absolute Gasteiger partial charge is 0.323 e. The van der Waals surface area contributed by atoms with Gasteiger partial charge in [0, 0.05) is 6.04 Å².